The molecule has 0 saturated carbocycles. The third-order valence-corrected chi connectivity index (χ3v) is 7.33. The number of nitrogens with one attached hydrogen (secondary N) is 1. The second-order valence-corrected chi connectivity index (χ2v) is 10.8. The van der Waals surface area contributed by atoms with Crippen LogP contribution >= 0.6 is 11.6 Å². The molecule has 1 aliphatic heterocycles. The lowest BCUT2D eigenvalue weighted by Gasteiger charge is -2.25. The van der Waals surface area contributed by atoms with Crippen molar-refractivity contribution >= 4 is 57.3 Å². The van der Waals surface area contributed by atoms with E-state index in [-0.39, 0.29) is 6.61 Å². The molecule has 4 atom stereocenters. The van der Waals surface area contributed by atoms with Crippen molar-refractivity contribution in [1.82, 2.24) is 9.55 Å². The van der Waals surface area contributed by atoms with Gasteiger partial charge in [-0.1, -0.05) is 30.3 Å². The largest absolute Gasteiger partial charge is 0.494 e. The summed E-state index contributed by atoms with van der Waals surface area (Å²) >= 11 is 5.75. The van der Waals surface area contributed by atoms with Crippen LogP contribution in [0.2, 0.25) is 0 Å². The summed E-state index contributed by atoms with van der Waals surface area (Å²) in [6, 6.07) is 19.5. The van der Waals surface area contributed by atoms with Crippen molar-refractivity contribution in [3.63, 3.8) is 0 Å². The van der Waals surface area contributed by atoms with Gasteiger partial charge in [-0.3, -0.25) is 19.0 Å². The molecule has 0 unspecified atom stereocenters. The van der Waals surface area contributed by atoms with E-state index in [1.165, 1.54) is 20.8 Å². The van der Waals surface area contributed by atoms with E-state index < -0.39 is 42.4 Å². The molecule has 3 aromatic carbocycles. The summed E-state index contributed by atoms with van der Waals surface area (Å²) in [6.45, 7) is 4.56. The Bertz CT molecular complexity index is 1660. The molecule has 232 valence electrons. The van der Waals surface area contributed by atoms with Crippen LogP contribution in [0.1, 0.15) is 39.0 Å². The number of fused-ring (bicyclic) bond motifs is 2. The number of benzene rings is 3. The topological polar surface area (TPSA) is 127 Å². The fraction of sp³-hybridized carbons (Fsp3) is 0.375. The lowest BCUT2D eigenvalue weighted by atomic mass is 10.1. The Morgan fingerprint density at radius 1 is 0.932 bits per heavy atom. The van der Waals surface area contributed by atoms with Gasteiger partial charge in [0, 0.05) is 33.2 Å². The summed E-state index contributed by atoms with van der Waals surface area (Å²) in [6.07, 6.45) is -3.14. The van der Waals surface area contributed by atoms with Gasteiger partial charge < -0.3 is 29.0 Å². The van der Waals surface area contributed by atoms with Gasteiger partial charge in [0.15, 0.2) is 18.4 Å². The van der Waals surface area contributed by atoms with Gasteiger partial charge in [-0.05, 0) is 53.1 Å². The number of nitrogens with zero attached hydrogens (tertiary/aromatic N) is 2. The zero-order valence-corrected chi connectivity index (χ0v) is 25.4. The zero-order valence-electron chi connectivity index (χ0n) is 24.7. The molecule has 2 heterocycles. The highest BCUT2D eigenvalue weighted by molar-refractivity contribution is 6.17. The van der Waals surface area contributed by atoms with E-state index in [0.717, 1.165) is 28.5 Å². The molecule has 0 bridgehead atoms. The van der Waals surface area contributed by atoms with Crippen molar-refractivity contribution in [3.8, 4) is 5.75 Å². The van der Waals surface area contributed by atoms with E-state index >= 15 is 0 Å². The van der Waals surface area contributed by atoms with E-state index in [1.54, 1.807) is 4.57 Å². The first-order valence-electron chi connectivity index (χ1n) is 14.3. The van der Waals surface area contributed by atoms with Gasteiger partial charge in [-0.2, -0.15) is 0 Å². The maximum atomic E-state index is 12.2. The van der Waals surface area contributed by atoms with E-state index in [1.807, 2.05) is 54.6 Å². The summed E-state index contributed by atoms with van der Waals surface area (Å²) in [4.78, 5) is 40.6. The molecule has 1 fully saturated rings. The molecule has 4 aromatic rings. The number of alkyl halides is 1. The van der Waals surface area contributed by atoms with Gasteiger partial charge in [0.2, 0.25) is 5.95 Å². The molecular formula is C32H34ClN3O8. The monoisotopic (exact) mass is 623 g/mol. The summed E-state index contributed by atoms with van der Waals surface area (Å²) in [5, 5.41) is 5.50. The maximum absolute atomic E-state index is 12.2. The molecule has 12 heteroatoms. The van der Waals surface area contributed by atoms with Crippen molar-refractivity contribution in [2.24, 2.45) is 0 Å². The van der Waals surface area contributed by atoms with Gasteiger partial charge >= 0.3 is 17.9 Å². The van der Waals surface area contributed by atoms with Crippen LogP contribution < -0.4 is 10.1 Å². The molecule has 0 aliphatic carbocycles. The first-order valence-corrected chi connectivity index (χ1v) is 14.8. The van der Waals surface area contributed by atoms with Crippen LogP contribution in [0.15, 0.2) is 60.7 Å². The van der Waals surface area contributed by atoms with E-state index in [2.05, 4.69) is 11.4 Å². The standard InChI is InChI=1S/C32H34ClN3O8/c1-19(37)41-18-28-29(42-20(2)38)30(43-21(3)39)31(44-28)36-27-8-5-4-7-26(27)35-32(36)34-17-22-9-10-24-16-25(40-14-6-13-33)12-11-23(24)15-22/h4-5,7-12,15-16,28-31H,6,13-14,17-18H2,1-3H3,(H,34,35)/t28-,29-,30-,31-/m1/s1. The van der Waals surface area contributed by atoms with Crippen molar-refractivity contribution in [1.29, 1.82) is 0 Å². The van der Waals surface area contributed by atoms with Crippen molar-refractivity contribution in [2.75, 3.05) is 24.4 Å². The first-order chi connectivity index (χ1) is 21.2. The summed E-state index contributed by atoms with van der Waals surface area (Å²) < 4.78 is 30.3. The average Bonchev–Trinajstić information content (AvgIpc) is 3.51. The Hall–Kier alpha value is -4.35. The van der Waals surface area contributed by atoms with Crippen molar-refractivity contribution in [2.45, 2.75) is 58.3 Å². The van der Waals surface area contributed by atoms with Gasteiger partial charge in [-0.25, -0.2) is 4.98 Å². The second-order valence-electron chi connectivity index (χ2n) is 10.4. The molecule has 1 aromatic heterocycles. The number of hydrogen-bond donors (Lipinski definition) is 1. The average molecular weight is 624 g/mol. The number of aromatic nitrogens is 2. The highest BCUT2D eigenvalue weighted by Gasteiger charge is 2.51. The number of carbonyl (C=O) groups excluding carboxylic acids is 3. The second kappa shape index (κ2) is 14.0. The third kappa shape index (κ3) is 7.23. The van der Waals surface area contributed by atoms with Gasteiger partial charge in [0.1, 0.15) is 18.5 Å². The molecule has 11 nitrogen and oxygen atoms in total. The minimum absolute atomic E-state index is 0.201. The predicted octanol–water partition coefficient (Wildman–Crippen LogP) is 5.13. The molecule has 44 heavy (non-hydrogen) atoms. The summed E-state index contributed by atoms with van der Waals surface area (Å²) in [7, 11) is 0. The van der Waals surface area contributed by atoms with Crippen molar-refractivity contribution in [3.05, 3.63) is 66.2 Å². The van der Waals surface area contributed by atoms with Crippen LogP contribution in [0.4, 0.5) is 5.95 Å². The van der Waals surface area contributed by atoms with Gasteiger partial charge in [0.05, 0.1) is 17.6 Å². The molecule has 5 rings (SSSR count). The van der Waals surface area contributed by atoms with E-state index in [4.69, 9.17) is 40.3 Å². The van der Waals surface area contributed by atoms with Crippen molar-refractivity contribution < 1.29 is 38.1 Å². The Morgan fingerprint density at radius 3 is 2.41 bits per heavy atom. The number of ether oxygens (including phenoxy) is 5. The highest BCUT2D eigenvalue weighted by atomic mass is 35.5. The normalized spacial score (nSPS) is 19.5. The minimum Gasteiger partial charge on any atom is -0.494 e. The lowest BCUT2D eigenvalue weighted by molar-refractivity contribution is -0.166. The quantitative estimate of drug-likeness (QED) is 0.0981. The van der Waals surface area contributed by atoms with Crippen LogP contribution in [0.5, 0.6) is 5.75 Å². The molecule has 1 saturated heterocycles. The van der Waals surface area contributed by atoms with Crippen LogP contribution in [0.3, 0.4) is 0 Å². The molecule has 0 spiro atoms. The van der Waals surface area contributed by atoms with Crippen LogP contribution in [-0.4, -0.2) is 64.9 Å². The predicted molar refractivity (Wildman–Crippen MR) is 163 cm³/mol. The Morgan fingerprint density at radius 2 is 1.66 bits per heavy atom. The smallest absolute Gasteiger partial charge is 0.303 e. The Kier molecular flexibility index (Phi) is 9.86. The Balaban J connectivity index is 1.45. The highest BCUT2D eigenvalue weighted by Crippen LogP contribution is 2.38. The molecule has 1 N–H and O–H groups in total. The molecular weight excluding hydrogens is 590 g/mol. The van der Waals surface area contributed by atoms with E-state index in [9.17, 15) is 14.4 Å². The number of hydrogen-bond acceptors (Lipinski definition) is 10. The van der Waals surface area contributed by atoms with Crippen LogP contribution in [0.25, 0.3) is 21.8 Å². The third-order valence-electron chi connectivity index (χ3n) is 7.06. The molecule has 1 aliphatic rings. The lowest BCUT2D eigenvalue weighted by Crippen LogP contribution is -2.40. The number of anilines is 1. The molecule has 0 radical (unpaired) electrons. The maximum Gasteiger partial charge on any atom is 0.303 e. The van der Waals surface area contributed by atoms with Gasteiger partial charge in [0.25, 0.3) is 0 Å². The number of carbonyl (C=O) groups is 3. The van der Waals surface area contributed by atoms with Crippen LogP contribution in [0, 0.1) is 0 Å². The fourth-order valence-corrected chi connectivity index (χ4v) is 5.34. The zero-order chi connectivity index (χ0) is 31.2. The Labute approximate surface area is 259 Å². The number of rotatable bonds is 12. The number of esters is 3. The number of halogens is 1. The number of para-hydroxylation sites is 2. The van der Waals surface area contributed by atoms with Crippen LogP contribution in [-0.2, 0) is 39.9 Å². The minimum atomic E-state index is -1.04. The first kappa shape index (κ1) is 31.1. The summed E-state index contributed by atoms with van der Waals surface area (Å²) in [5.74, 6) is 0.0891. The summed E-state index contributed by atoms with van der Waals surface area (Å²) in [5.41, 5.74) is 2.38. The van der Waals surface area contributed by atoms with Gasteiger partial charge in [-0.15, -0.1) is 11.6 Å². The SMILES string of the molecule is CC(=O)OC[C@H]1O[C@@H](n2c(NCc3ccc4cc(OCCCCl)ccc4c3)nc3ccccc32)[C@H](OC(C)=O)[C@@H]1OC(C)=O. The number of imidazole rings is 1. The molecule has 0 amide bonds. The fourth-order valence-electron chi connectivity index (χ4n) is 5.23. The van der Waals surface area contributed by atoms with E-state index in [0.29, 0.717) is 36.0 Å².